The van der Waals surface area contributed by atoms with Crippen LogP contribution >= 0.6 is 15.9 Å². The summed E-state index contributed by atoms with van der Waals surface area (Å²) in [4.78, 5) is 26.3. The van der Waals surface area contributed by atoms with Crippen molar-refractivity contribution in [2.24, 2.45) is 0 Å². The molecule has 2 aromatic rings. The van der Waals surface area contributed by atoms with Crippen LogP contribution < -0.4 is 5.32 Å². The average molecular weight is 339 g/mol. The number of halogens is 2. The Bertz CT molecular complexity index is 691. The highest BCUT2D eigenvalue weighted by Gasteiger charge is 2.11. The van der Waals surface area contributed by atoms with E-state index in [-0.39, 0.29) is 11.1 Å². The zero-order valence-corrected chi connectivity index (χ0v) is 11.5. The number of amides is 1. The lowest BCUT2D eigenvalue weighted by atomic mass is 10.2. The number of pyridine rings is 1. The number of anilines is 1. The van der Waals surface area contributed by atoms with E-state index in [2.05, 4.69) is 26.2 Å². The molecule has 1 aromatic heterocycles. The molecule has 2 N–H and O–H groups in total. The summed E-state index contributed by atoms with van der Waals surface area (Å²) in [6.45, 7) is 0. The van der Waals surface area contributed by atoms with Gasteiger partial charge in [0.05, 0.1) is 23.0 Å². The van der Waals surface area contributed by atoms with Crippen LogP contribution in [0, 0.1) is 5.82 Å². The second-order valence-electron chi connectivity index (χ2n) is 3.85. The molecule has 5 nitrogen and oxygen atoms in total. The van der Waals surface area contributed by atoms with Crippen LogP contribution in [-0.2, 0) is 0 Å². The Balaban J connectivity index is 2.22. The molecule has 102 valence electrons. The predicted molar refractivity (Wildman–Crippen MR) is 73.2 cm³/mol. The van der Waals surface area contributed by atoms with Crippen molar-refractivity contribution in [1.82, 2.24) is 4.98 Å². The van der Waals surface area contributed by atoms with Gasteiger partial charge in [0, 0.05) is 10.7 Å². The van der Waals surface area contributed by atoms with Gasteiger partial charge in [0.25, 0.3) is 5.91 Å². The predicted octanol–water partition coefficient (Wildman–Crippen LogP) is 2.93. The van der Waals surface area contributed by atoms with E-state index in [4.69, 9.17) is 5.11 Å². The molecule has 0 bridgehead atoms. The van der Waals surface area contributed by atoms with Crippen molar-refractivity contribution in [1.29, 1.82) is 0 Å². The van der Waals surface area contributed by atoms with Crippen molar-refractivity contribution < 1.29 is 19.1 Å². The number of hydrogen-bond donors (Lipinski definition) is 2. The molecule has 1 heterocycles. The third kappa shape index (κ3) is 3.18. The van der Waals surface area contributed by atoms with Crippen molar-refractivity contribution in [3.05, 3.63) is 58.1 Å². The monoisotopic (exact) mass is 338 g/mol. The highest BCUT2D eigenvalue weighted by molar-refractivity contribution is 9.10. The van der Waals surface area contributed by atoms with Crippen LogP contribution in [0.5, 0.6) is 0 Å². The second kappa shape index (κ2) is 5.79. The van der Waals surface area contributed by atoms with E-state index in [1.807, 2.05) is 0 Å². The van der Waals surface area contributed by atoms with Gasteiger partial charge in [-0.3, -0.25) is 9.78 Å². The molecule has 0 atom stereocenters. The molecule has 20 heavy (non-hydrogen) atoms. The second-order valence-corrected chi connectivity index (χ2v) is 4.70. The molecule has 1 amide bonds. The van der Waals surface area contributed by atoms with Crippen molar-refractivity contribution >= 4 is 33.5 Å². The largest absolute Gasteiger partial charge is 0.478 e. The van der Waals surface area contributed by atoms with E-state index in [1.54, 1.807) is 0 Å². The molecule has 0 spiro atoms. The fraction of sp³-hybridized carbons (Fsp3) is 0. The topological polar surface area (TPSA) is 79.3 Å². The van der Waals surface area contributed by atoms with Gasteiger partial charge in [-0.15, -0.1) is 0 Å². The molecule has 0 saturated carbocycles. The summed E-state index contributed by atoms with van der Waals surface area (Å²) in [5, 5.41) is 11.4. The molecule has 0 aliphatic carbocycles. The molecular formula is C13H8BrFN2O3. The molecule has 1 aromatic carbocycles. The highest BCUT2D eigenvalue weighted by atomic mass is 79.9. The van der Waals surface area contributed by atoms with Gasteiger partial charge >= 0.3 is 5.97 Å². The van der Waals surface area contributed by atoms with Crippen LogP contribution in [0.25, 0.3) is 0 Å². The lowest BCUT2D eigenvalue weighted by molar-refractivity contribution is 0.0696. The van der Waals surface area contributed by atoms with E-state index in [9.17, 15) is 14.0 Å². The standard InChI is InChI=1S/C13H8BrFN2O3/c14-10-4-7(13(19)20)1-2-11(10)17-12(18)8-3-9(15)6-16-5-8/h1-6H,(H,17,18)(H,19,20). The average Bonchev–Trinajstić information content (AvgIpc) is 2.40. The summed E-state index contributed by atoms with van der Waals surface area (Å²) in [6.07, 6.45) is 2.23. The van der Waals surface area contributed by atoms with E-state index >= 15 is 0 Å². The smallest absolute Gasteiger partial charge is 0.335 e. The number of carboxylic acid groups (broad SMARTS) is 1. The molecule has 0 unspecified atom stereocenters. The number of benzene rings is 1. The number of nitrogens with zero attached hydrogens (tertiary/aromatic N) is 1. The Morgan fingerprint density at radius 3 is 2.55 bits per heavy atom. The lowest BCUT2D eigenvalue weighted by Gasteiger charge is -2.08. The number of nitrogens with one attached hydrogen (secondary N) is 1. The summed E-state index contributed by atoms with van der Waals surface area (Å²) in [6, 6.07) is 5.22. The van der Waals surface area contributed by atoms with Crippen LogP contribution in [0.1, 0.15) is 20.7 Å². The first-order chi connectivity index (χ1) is 9.47. The van der Waals surface area contributed by atoms with Gasteiger partial charge in [-0.05, 0) is 40.2 Å². The Morgan fingerprint density at radius 2 is 1.95 bits per heavy atom. The zero-order valence-electron chi connectivity index (χ0n) is 9.93. The molecular weight excluding hydrogens is 331 g/mol. The van der Waals surface area contributed by atoms with Crippen molar-refractivity contribution in [2.75, 3.05) is 5.32 Å². The maximum absolute atomic E-state index is 13.0. The van der Waals surface area contributed by atoms with E-state index < -0.39 is 17.7 Å². The Kier molecular flexibility index (Phi) is 4.09. The summed E-state index contributed by atoms with van der Waals surface area (Å²) in [5.41, 5.74) is 0.533. The van der Waals surface area contributed by atoms with Gasteiger partial charge < -0.3 is 10.4 Å². The van der Waals surface area contributed by atoms with Crippen LogP contribution in [0.4, 0.5) is 10.1 Å². The first kappa shape index (κ1) is 14.1. The molecule has 0 fully saturated rings. The first-order valence-electron chi connectivity index (χ1n) is 5.42. The molecule has 0 saturated heterocycles. The third-order valence-electron chi connectivity index (χ3n) is 2.43. The summed E-state index contributed by atoms with van der Waals surface area (Å²) >= 11 is 3.16. The number of carbonyl (C=O) groups is 2. The van der Waals surface area contributed by atoms with Crippen molar-refractivity contribution in [3.8, 4) is 0 Å². The van der Waals surface area contributed by atoms with Crippen molar-refractivity contribution in [3.63, 3.8) is 0 Å². The minimum absolute atomic E-state index is 0.0687. The van der Waals surface area contributed by atoms with Crippen LogP contribution in [0.2, 0.25) is 0 Å². The molecule has 0 radical (unpaired) electrons. The lowest BCUT2D eigenvalue weighted by Crippen LogP contribution is -2.13. The number of carboxylic acids is 1. The van der Waals surface area contributed by atoms with Gasteiger partial charge in [0.15, 0.2) is 0 Å². The van der Waals surface area contributed by atoms with Gasteiger partial charge in [-0.25, -0.2) is 9.18 Å². The Hall–Kier alpha value is -2.28. The summed E-state index contributed by atoms with van der Waals surface area (Å²) < 4.78 is 13.4. The van der Waals surface area contributed by atoms with Gasteiger partial charge in [0.2, 0.25) is 0 Å². The maximum atomic E-state index is 13.0. The van der Waals surface area contributed by atoms with Gasteiger partial charge in [-0.1, -0.05) is 0 Å². The summed E-state index contributed by atoms with van der Waals surface area (Å²) in [7, 11) is 0. The van der Waals surface area contributed by atoms with E-state index in [1.165, 1.54) is 24.4 Å². The van der Waals surface area contributed by atoms with Gasteiger partial charge in [0.1, 0.15) is 5.82 Å². The number of rotatable bonds is 3. The number of carbonyl (C=O) groups excluding carboxylic acids is 1. The van der Waals surface area contributed by atoms with Crippen molar-refractivity contribution in [2.45, 2.75) is 0 Å². The number of aromatic carboxylic acids is 1. The molecule has 0 aliphatic rings. The minimum Gasteiger partial charge on any atom is -0.478 e. The quantitative estimate of drug-likeness (QED) is 0.901. The normalized spacial score (nSPS) is 10.1. The van der Waals surface area contributed by atoms with Gasteiger partial charge in [-0.2, -0.15) is 0 Å². The highest BCUT2D eigenvalue weighted by Crippen LogP contribution is 2.24. The van der Waals surface area contributed by atoms with E-state index in [0.717, 1.165) is 12.3 Å². The Labute approximate surface area is 121 Å². The zero-order chi connectivity index (χ0) is 14.7. The molecule has 2 rings (SSSR count). The fourth-order valence-corrected chi connectivity index (χ4v) is 1.96. The van der Waals surface area contributed by atoms with Crippen LogP contribution in [-0.4, -0.2) is 22.0 Å². The van der Waals surface area contributed by atoms with Crippen LogP contribution in [0.3, 0.4) is 0 Å². The van der Waals surface area contributed by atoms with Crippen LogP contribution in [0.15, 0.2) is 41.1 Å². The summed E-state index contributed by atoms with van der Waals surface area (Å²) in [5.74, 6) is -2.23. The molecule has 0 aliphatic heterocycles. The number of aromatic nitrogens is 1. The third-order valence-corrected chi connectivity index (χ3v) is 3.09. The molecule has 7 heteroatoms. The minimum atomic E-state index is -1.07. The number of hydrogen-bond acceptors (Lipinski definition) is 3. The first-order valence-corrected chi connectivity index (χ1v) is 6.21. The Morgan fingerprint density at radius 1 is 1.20 bits per heavy atom. The fourth-order valence-electron chi connectivity index (χ4n) is 1.48. The van der Waals surface area contributed by atoms with E-state index in [0.29, 0.717) is 10.2 Å². The SMILES string of the molecule is O=C(O)c1ccc(NC(=O)c2cncc(F)c2)c(Br)c1. The maximum Gasteiger partial charge on any atom is 0.335 e.